The summed E-state index contributed by atoms with van der Waals surface area (Å²) in [6.45, 7) is 0. The summed E-state index contributed by atoms with van der Waals surface area (Å²) >= 11 is 7.41. The molecule has 0 atom stereocenters. The van der Waals surface area contributed by atoms with Gasteiger partial charge < -0.3 is 0 Å². The predicted octanol–water partition coefficient (Wildman–Crippen LogP) is 6.05. The summed E-state index contributed by atoms with van der Waals surface area (Å²) in [4.78, 5) is 0. The molecule has 1 aromatic heterocycles. The maximum Gasteiger partial charge on any atom is 0.212 e. The van der Waals surface area contributed by atoms with Gasteiger partial charge in [0.1, 0.15) is 11.6 Å². The van der Waals surface area contributed by atoms with Crippen LogP contribution in [-0.4, -0.2) is 21.1 Å². The predicted molar refractivity (Wildman–Crippen MR) is 116 cm³/mol. The molecule has 0 N–H and O–H groups in total. The second-order valence-corrected chi connectivity index (χ2v) is 7.62. The van der Waals surface area contributed by atoms with E-state index in [0.29, 0.717) is 21.6 Å². The topological polar surface area (TPSA) is 43.1 Å². The Morgan fingerprint density at radius 3 is 2.43 bits per heavy atom. The van der Waals surface area contributed by atoms with Crippen LogP contribution in [0.25, 0.3) is 11.4 Å². The molecular weight excluding hydrogens is 426 g/mol. The molecule has 0 saturated carbocycles. The summed E-state index contributed by atoms with van der Waals surface area (Å²) < 4.78 is 28.9. The Morgan fingerprint density at radius 2 is 1.70 bits per heavy atom. The maximum absolute atomic E-state index is 14.1. The zero-order valence-electron chi connectivity index (χ0n) is 15.5. The fourth-order valence-electron chi connectivity index (χ4n) is 2.71. The van der Waals surface area contributed by atoms with Gasteiger partial charge in [0.2, 0.25) is 5.16 Å². The van der Waals surface area contributed by atoms with Crippen LogP contribution in [0.3, 0.4) is 0 Å². The van der Waals surface area contributed by atoms with Gasteiger partial charge in [0, 0.05) is 21.9 Å². The van der Waals surface area contributed by atoms with Crippen molar-refractivity contribution < 1.29 is 8.78 Å². The van der Waals surface area contributed by atoms with Gasteiger partial charge in [0.15, 0.2) is 5.82 Å². The van der Waals surface area contributed by atoms with E-state index in [9.17, 15) is 8.78 Å². The molecule has 0 spiro atoms. The fraction of sp³-hybridized carbons (Fsp3) is 0.0455. The van der Waals surface area contributed by atoms with Crippen LogP contribution in [-0.2, 0) is 5.75 Å². The zero-order chi connectivity index (χ0) is 20.9. The van der Waals surface area contributed by atoms with E-state index in [1.807, 2.05) is 30.3 Å². The van der Waals surface area contributed by atoms with Crippen LogP contribution in [0.15, 0.2) is 83.1 Å². The van der Waals surface area contributed by atoms with Gasteiger partial charge in [-0.3, -0.25) is 0 Å². The van der Waals surface area contributed by atoms with Crippen LogP contribution in [0.5, 0.6) is 0 Å². The van der Waals surface area contributed by atoms with Gasteiger partial charge in [0.25, 0.3) is 0 Å². The van der Waals surface area contributed by atoms with Gasteiger partial charge in [0.05, 0.1) is 6.21 Å². The molecule has 30 heavy (non-hydrogen) atoms. The van der Waals surface area contributed by atoms with E-state index in [0.717, 1.165) is 11.1 Å². The van der Waals surface area contributed by atoms with Crippen LogP contribution < -0.4 is 0 Å². The molecular formula is C22H15ClF2N4S. The van der Waals surface area contributed by atoms with Crippen molar-refractivity contribution in [3.8, 4) is 11.4 Å². The van der Waals surface area contributed by atoms with Crippen LogP contribution in [0, 0.1) is 11.6 Å². The average molecular weight is 441 g/mol. The number of rotatable bonds is 6. The van der Waals surface area contributed by atoms with E-state index in [4.69, 9.17) is 11.6 Å². The molecule has 1 heterocycles. The Kier molecular flexibility index (Phi) is 6.21. The number of benzene rings is 3. The Morgan fingerprint density at radius 1 is 0.933 bits per heavy atom. The standard InChI is InChI=1S/C22H15ClF2N4S/c23-19-7-4-8-20(25)18(19)14-30-22-28-27-21(16-5-2-1-3-6-16)29(22)26-13-15-9-11-17(24)12-10-15/h1-13H,14H2/b26-13+. The summed E-state index contributed by atoms with van der Waals surface area (Å²) in [5.41, 5.74) is 1.94. The molecule has 3 aromatic carbocycles. The van der Waals surface area contributed by atoms with Crippen molar-refractivity contribution in [2.45, 2.75) is 10.9 Å². The van der Waals surface area contributed by atoms with Crippen LogP contribution in [0.1, 0.15) is 11.1 Å². The lowest BCUT2D eigenvalue weighted by molar-refractivity contribution is 0.617. The molecule has 0 radical (unpaired) electrons. The van der Waals surface area contributed by atoms with Crippen molar-refractivity contribution in [2.24, 2.45) is 5.10 Å². The zero-order valence-corrected chi connectivity index (χ0v) is 17.1. The van der Waals surface area contributed by atoms with E-state index in [1.165, 1.54) is 30.0 Å². The van der Waals surface area contributed by atoms with Crippen molar-refractivity contribution in [3.05, 3.63) is 101 Å². The highest BCUT2D eigenvalue weighted by molar-refractivity contribution is 7.98. The third-order valence-corrected chi connectivity index (χ3v) is 5.54. The monoisotopic (exact) mass is 440 g/mol. The summed E-state index contributed by atoms with van der Waals surface area (Å²) in [5.74, 6) is 0.111. The summed E-state index contributed by atoms with van der Waals surface area (Å²) in [5, 5.41) is 13.8. The third kappa shape index (κ3) is 4.58. The molecule has 0 saturated heterocycles. The molecule has 0 aliphatic heterocycles. The molecule has 0 aliphatic rings. The molecule has 4 aromatic rings. The van der Waals surface area contributed by atoms with E-state index < -0.39 is 0 Å². The molecule has 4 nitrogen and oxygen atoms in total. The van der Waals surface area contributed by atoms with E-state index >= 15 is 0 Å². The molecule has 0 amide bonds. The number of hydrogen-bond donors (Lipinski definition) is 0. The van der Waals surface area contributed by atoms with Crippen molar-refractivity contribution in [2.75, 3.05) is 0 Å². The Balaban J connectivity index is 1.68. The van der Waals surface area contributed by atoms with Crippen LogP contribution >= 0.6 is 23.4 Å². The van der Waals surface area contributed by atoms with Crippen molar-refractivity contribution >= 4 is 29.6 Å². The second-order valence-electron chi connectivity index (χ2n) is 6.27. The molecule has 0 bridgehead atoms. The highest BCUT2D eigenvalue weighted by Crippen LogP contribution is 2.30. The third-order valence-electron chi connectivity index (χ3n) is 4.24. The van der Waals surface area contributed by atoms with Gasteiger partial charge >= 0.3 is 0 Å². The van der Waals surface area contributed by atoms with E-state index in [2.05, 4.69) is 15.3 Å². The van der Waals surface area contributed by atoms with E-state index in [1.54, 1.807) is 35.2 Å². The van der Waals surface area contributed by atoms with Crippen molar-refractivity contribution in [1.29, 1.82) is 0 Å². The summed E-state index contributed by atoms with van der Waals surface area (Å²) in [6, 6.07) is 20.0. The largest absolute Gasteiger partial charge is 0.212 e. The first-order chi connectivity index (χ1) is 14.6. The van der Waals surface area contributed by atoms with E-state index in [-0.39, 0.29) is 17.4 Å². The lowest BCUT2D eigenvalue weighted by Crippen LogP contribution is -1.98. The Bertz CT molecular complexity index is 1160. The first-order valence-corrected chi connectivity index (χ1v) is 10.3. The van der Waals surface area contributed by atoms with Crippen LogP contribution in [0.4, 0.5) is 8.78 Å². The maximum atomic E-state index is 14.1. The van der Waals surface area contributed by atoms with Crippen LogP contribution in [0.2, 0.25) is 5.02 Å². The molecule has 0 fully saturated rings. The van der Waals surface area contributed by atoms with Crippen molar-refractivity contribution in [1.82, 2.24) is 14.9 Å². The smallest absolute Gasteiger partial charge is 0.207 e. The minimum atomic E-state index is -0.376. The number of aromatic nitrogens is 3. The van der Waals surface area contributed by atoms with Gasteiger partial charge in [-0.15, -0.1) is 10.2 Å². The first-order valence-electron chi connectivity index (χ1n) is 8.98. The van der Waals surface area contributed by atoms with Gasteiger partial charge in [-0.05, 0) is 29.8 Å². The normalized spacial score (nSPS) is 11.3. The Hall–Kier alpha value is -3.03. The number of nitrogens with zero attached hydrogens (tertiary/aromatic N) is 4. The molecule has 150 valence electrons. The lowest BCUT2D eigenvalue weighted by atomic mass is 10.2. The summed E-state index contributed by atoms with van der Waals surface area (Å²) in [7, 11) is 0. The van der Waals surface area contributed by atoms with Gasteiger partial charge in [-0.25, -0.2) is 8.78 Å². The minimum absolute atomic E-state index is 0.268. The fourth-order valence-corrected chi connectivity index (χ4v) is 3.94. The van der Waals surface area contributed by atoms with Crippen molar-refractivity contribution in [3.63, 3.8) is 0 Å². The highest BCUT2D eigenvalue weighted by Gasteiger charge is 2.16. The number of thioether (sulfide) groups is 1. The number of halogens is 3. The Labute approximate surface area is 181 Å². The molecule has 8 heteroatoms. The highest BCUT2D eigenvalue weighted by atomic mass is 35.5. The quantitative estimate of drug-likeness (QED) is 0.271. The number of hydrogen-bond acceptors (Lipinski definition) is 4. The lowest BCUT2D eigenvalue weighted by Gasteiger charge is -2.07. The summed E-state index contributed by atoms with van der Waals surface area (Å²) in [6.07, 6.45) is 1.59. The second kappa shape index (κ2) is 9.19. The molecule has 4 rings (SSSR count). The molecule has 0 aliphatic carbocycles. The van der Waals surface area contributed by atoms with Gasteiger partial charge in [-0.1, -0.05) is 71.9 Å². The SMILES string of the molecule is Fc1ccc(/C=N/n2c(SCc3c(F)cccc3Cl)nnc2-c2ccccc2)cc1. The van der Waals surface area contributed by atoms with Gasteiger partial charge in [-0.2, -0.15) is 9.78 Å². The first kappa shape index (κ1) is 20.3. The average Bonchev–Trinajstić information content (AvgIpc) is 3.16. The minimum Gasteiger partial charge on any atom is -0.207 e. The molecule has 0 unspecified atom stereocenters.